The highest BCUT2D eigenvalue weighted by Gasteiger charge is 2.26. The van der Waals surface area contributed by atoms with Gasteiger partial charge in [-0.3, -0.25) is 14.9 Å². The molecule has 1 aromatic heterocycles. The molecule has 1 aromatic carbocycles. The number of halogens is 2. The number of esters is 1. The standard InChI is InChI=1S/C14H14Cl2N4O4/c1-14(2,3)24-10(21)7-19-13(16)12(17-18-19)11-8(15)5-4-6-9(11)20(22)23/h4-6H,7H2,1-3H3. The van der Waals surface area contributed by atoms with Crippen LogP contribution in [0.3, 0.4) is 0 Å². The molecule has 0 aliphatic heterocycles. The second-order valence-corrected chi connectivity index (χ2v) is 6.63. The molecule has 0 spiro atoms. The van der Waals surface area contributed by atoms with Crippen molar-refractivity contribution >= 4 is 34.9 Å². The number of carbonyl (C=O) groups excluding carboxylic acids is 1. The summed E-state index contributed by atoms with van der Waals surface area (Å²) in [5, 5.41) is 18.8. The lowest BCUT2D eigenvalue weighted by atomic mass is 10.1. The number of benzene rings is 1. The van der Waals surface area contributed by atoms with Gasteiger partial charge < -0.3 is 4.74 Å². The maximum Gasteiger partial charge on any atom is 0.328 e. The fourth-order valence-corrected chi connectivity index (χ4v) is 2.44. The average Bonchev–Trinajstić information content (AvgIpc) is 2.77. The van der Waals surface area contributed by atoms with E-state index in [4.69, 9.17) is 27.9 Å². The van der Waals surface area contributed by atoms with Crippen molar-refractivity contribution in [1.29, 1.82) is 0 Å². The number of nitro groups is 1. The number of hydrogen-bond acceptors (Lipinski definition) is 6. The van der Waals surface area contributed by atoms with Gasteiger partial charge in [-0.1, -0.05) is 34.5 Å². The molecule has 0 bridgehead atoms. The molecule has 10 heteroatoms. The topological polar surface area (TPSA) is 100 Å². The number of rotatable bonds is 4. The molecule has 0 unspecified atom stereocenters. The van der Waals surface area contributed by atoms with Crippen molar-refractivity contribution in [1.82, 2.24) is 15.0 Å². The van der Waals surface area contributed by atoms with Gasteiger partial charge in [0, 0.05) is 6.07 Å². The Kier molecular flexibility index (Phi) is 5.10. The van der Waals surface area contributed by atoms with Crippen LogP contribution in [0.2, 0.25) is 10.2 Å². The first-order valence-electron chi connectivity index (χ1n) is 6.84. The van der Waals surface area contributed by atoms with Gasteiger partial charge in [-0.25, -0.2) is 4.68 Å². The summed E-state index contributed by atoms with van der Waals surface area (Å²) in [6, 6.07) is 4.21. The minimum Gasteiger partial charge on any atom is -0.459 e. The van der Waals surface area contributed by atoms with E-state index in [1.165, 1.54) is 18.2 Å². The van der Waals surface area contributed by atoms with Crippen LogP contribution in [0.15, 0.2) is 18.2 Å². The zero-order chi connectivity index (χ0) is 18.1. The summed E-state index contributed by atoms with van der Waals surface area (Å²) >= 11 is 12.2. The molecule has 0 saturated carbocycles. The summed E-state index contributed by atoms with van der Waals surface area (Å²) in [5.74, 6) is -0.561. The first-order chi connectivity index (χ1) is 11.1. The van der Waals surface area contributed by atoms with E-state index in [0.29, 0.717) is 0 Å². The quantitative estimate of drug-likeness (QED) is 0.462. The minimum absolute atomic E-state index is 0.0255. The Morgan fingerprint density at radius 3 is 2.62 bits per heavy atom. The van der Waals surface area contributed by atoms with Crippen molar-refractivity contribution < 1.29 is 14.5 Å². The third-order valence-corrected chi connectivity index (χ3v) is 3.49. The van der Waals surface area contributed by atoms with Crippen molar-refractivity contribution in [2.45, 2.75) is 32.9 Å². The smallest absolute Gasteiger partial charge is 0.328 e. The van der Waals surface area contributed by atoms with Crippen LogP contribution in [0.25, 0.3) is 11.3 Å². The molecular formula is C14H14Cl2N4O4. The summed E-state index contributed by atoms with van der Waals surface area (Å²) < 4.78 is 6.27. The second-order valence-electron chi connectivity index (χ2n) is 5.86. The van der Waals surface area contributed by atoms with Gasteiger partial charge in [-0.15, -0.1) is 5.10 Å². The fourth-order valence-electron chi connectivity index (χ4n) is 1.95. The van der Waals surface area contributed by atoms with Crippen LogP contribution < -0.4 is 0 Å². The Bertz CT molecular complexity index is 799. The molecule has 24 heavy (non-hydrogen) atoms. The molecule has 8 nitrogen and oxygen atoms in total. The summed E-state index contributed by atoms with van der Waals surface area (Å²) in [6.07, 6.45) is 0. The highest BCUT2D eigenvalue weighted by molar-refractivity contribution is 6.36. The van der Waals surface area contributed by atoms with E-state index in [2.05, 4.69) is 10.3 Å². The SMILES string of the molecule is CC(C)(C)OC(=O)Cn1nnc(-c2c(Cl)cccc2[N+](=O)[O-])c1Cl. The van der Waals surface area contributed by atoms with E-state index >= 15 is 0 Å². The Morgan fingerprint density at radius 1 is 1.38 bits per heavy atom. The minimum atomic E-state index is -0.658. The van der Waals surface area contributed by atoms with E-state index < -0.39 is 16.5 Å². The summed E-state index contributed by atoms with van der Waals surface area (Å²) in [5.41, 5.74) is -0.843. The highest BCUT2D eigenvalue weighted by Crippen LogP contribution is 2.38. The van der Waals surface area contributed by atoms with Crippen molar-refractivity contribution in [3.05, 3.63) is 38.5 Å². The van der Waals surface area contributed by atoms with Gasteiger partial charge in [0.05, 0.1) is 9.95 Å². The van der Waals surface area contributed by atoms with Gasteiger partial charge in [0.25, 0.3) is 5.69 Å². The van der Waals surface area contributed by atoms with Crippen LogP contribution in [-0.4, -0.2) is 31.5 Å². The van der Waals surface area contributed by atoms with Gasteiger partial charge in [0.1, 0.15) is 23.4 Å². The maximum atomic E-state index is 11.9. The van der Waals surface area contributed by atoms with Crippen LogP contribution in [0, 0.1) is 10.1 Å². The van der Waals surface area contributed by atoms with E-state index in [1.807, 2.05) is 0 Å². The van der Waals surface area contributed by atoms with E-state index in [9.17, 15) is 14.9 Å². The largest absolute Gasteiger partial charge is 0.459 e. The summed E-state index contributed by atoms with van der Waals surface area (Å²) in [4.78, 5) is 22.4. The molecule has 0 fully saturated rings. The lowest BCUT2D eigenvalue weighted by Gasteiger charge is -2.19. The van der Waals surface area contributed by atoms with Gasteiger partial charge in [-0.2, -0.15) is 0 Å². The lowest BCUT2D eigenvalue weighted by molar-refractivity contribution is -0.384. The van der Waals surface area contributed by atoms with E-state index in [1.54, 1.807) is 20.8 Å². The lowest BCUT2D eigenvalue weighted by Crippen LogP contribution is -2.26. The van der Waals surface area contributed by atoms with Crippen molar-refractivity contribution in [2.24, 2.45) is 0 Å². The molecule has 1 heterocycles. The van der Waals surface area contributed by atoms with Crippen LogP contribution >= 0.6 is 23.2 Å². The number of carbonyl (C=O) groups is 1. The first-order valence-corrected chi connectivity index (χ1v) is 7.60. The Hall–Kier alpha value is -2.19. The monoisotopic (exact) mass is 372 g/mol. The normalized spacial score (nSPS) is 11.4. The number of nitrogens with zero attached hydrogens (tertiary/aromatic N) is 4. The molecular weight excluding hydrogens is 359 g/mol. The van der Waals surface area contributed by atoms with E-state index in [-0.39, 0.29) is 33.7 Å². The fraction of sp³-hybridized carbons (Fsp3) is 0.357. The number of nitro benzene ring substituents is 1. The number of hydrogen-bond donors (Lipinski definition) is 0. The molecule has 128 valence electrons. The van der Waals surface area contributed by atoms with Crippen molar-refractivity contribution in [2.75, 3.05) is 0 Å². The number of aromatic nitrogens is 3. The Labute approximate surface area is 147 Å². The Morgan fingerprint density at radius 2 is 2.04 bits per heavy atom. The zero-order valence-electron chi connectivity index (χ0n) is 13.1. The zero-order valence-corrected chi connectivity index (χ0v) is 14.6. The third-order valence-electron chi connectivity index (χ3n) is 2.80. The predicted molar refractivity (Wildman–Crippen MR) is 88.0 cm³/mol. The molecule has 0 radical (unpaired) electrons. The molecule has 2 aromatic rings. The predicted octanol–water partition coefficient (Wildman–Crippen LogP) is 3.50. The van der Waals surface area contributed by atoms with Crippen LogP contribution in [0.4, 0.5) is 5.69 Å². The molecule has 0 aliphatic rings. The summed E-state index contributed by atoms with van der Waals surface area (Å²) in [7, 11) is 0. The third kappa shape index (κ3) is 4.01. The maximum absolute atomic E-state index is 11.9. The number of ether oxygens (including phenoxy) is 1. The first kappa shape index (κ1) is 18.2. The van der Waals surface area contributed by atoms with Crippen molar-refractivity contribution in [3.8, 4) is 11.3 Å². The van der Waals surface area contributed by atoms with Gasteiger partial charge in [0.15, 0.2) is 5.15 Å². The Balaban J connectivity index is 2.38. The molecule has 0 saturated heterocycles. The molecule has 2 rings (SSSR count). The molecule has 0 amide bonds. The molecule has 0 atom stereocenters. The van der Waals surface area contributed by atoms with E-state index in [0.717, 1.165) is 4.68 Å². The van der Waals surface area contributed by atoms with Gasteiger partial charge >= 0.3 is 5.97 Å². The van der Waals surface area contributed by atoms with Crippen molar-refractivity contribution in [3.63, 3.8) is 0 Å². The van der Waals surface area contributed by atoms with Crippen LogP contribution in [0.1, 0.15) is 20.8 Å². The molecule has 0 aliphatic carbocycles. The molecule has 0 N–H and O–H groups in total. The average molecular weight is 373 g/mol. The second kappa shape index (κ2) is 6.74. The summed E-state index contributed by atoms with van der Waals surface area (Å²) in [6.45, 7) is 4.91. The van der Waals surface area contributed by atoms with Crippen LogP contribution in [-0.2, 0) is 16.1 Å². The van der Waals surface area contributed by atoms with Crippen LogP contribution in [0.5, 0.6) is 0 Å². The van der Waals surface area contributed by atoms with Gasteiger partial charge in [0.2, 0.25) is 0 Å². The van der Waals surface area contributed by atoms with Gasteiger partial charge in [-0.05, 0) is 26.8 Å². The highest BCUT2D eigenvalue weighted by atomic mass is 35.5.